The molecule has 5 nitrogen and oxygen atoms in total. The molecular formula is C14H26N4OS. The third-order valence-corrected chi connectivity index (χ3v) is 4.46. The molecular weight excluding hydrogens is 272 g/mol. The number of anilines is 1. The van der Waals surface area contributed by atoms with Gasteiger partial charge in [-0.25, -0.2) is 4.98 Å². The van der Waals surface area contributed by atoms with Crippen LogP contribution in [0.25, 0.3) is 0 Å². The molecule has 2 rings (SSSR count). The minimum atomic E-state index is 0.544. The second-order valence-corrected chi connectivity index (χ2v) is 6.01. The number of hydrogen-bond acceptors (Lipinski definition) is 6. The van der Waals surface area contributed by atoms with E-state index >= 15 is 0 Å². The lowest BCUT2D eigenvalue weighted by Gasteiger charge is -2.35. The van der Waals surface area contributed by atoms with Gasteiger partial charge in [-0.3, -0.25) is 0 Å². The monoisotopic (exact) mass is 298 g/mol. The summed E-state index contributed by atoms with van der Waals surface area (Å²) in [6.07, 6.45) is 5.91. The molecule has 1 fully saturated rings. The summed E-state index contributed by atoms with van der Waals surface area (Å²) < 4.78 is 9.55. The fraction of sp³-hybridized carbons (Fsp3) is 0.857. The van der Waals surface area contributed by atoms with Crippen molar-refractivity contribution >= 4 is 16.7 Å². The zero-order valence-electron chi connectivity index (χ0n) is 12.6. The van der Waals surface area contributed by atoms with Crippen LogP contribution in [0.3, 0.4) is 0 Å². The first kappa shape index (κ1) is 15.7. The van der Waals surface area contributed by atoms with Crippen molar-refractivity contribution in [2.24, 2.45) is 0 Å². The van der Waals surface area contributed by atoms with E-state index in [0.717, 1.165) is 50.0 Å². The molecule has 1 aromatic heterocycles. The summed E-state index contributed by atoms with van der Waals surface area (Å²) in [5.41, 5.74) is 0. The van der Waals surface area contributed by atoms with Crippen LogP contribution in [0.5, 0.6) is 0 Å². The van der Waals surface area contributed by atoms with Gasteiger partial charge in [-0.2, -0.15) is 4.37 Å². The van der Waals surface area contributed by atoms with Crippen LogP contribution >= 0.6 is 11.5 Å². The van der Waals surface area contributed by atoms with E-state index in [2.05, 4.69) is 21.5 Å². The van der Waals surface area contributed by atoms with Gasteiger partial charge in [-0.15, -0.1) is 0 Å². The van der Waals surface area contributed by atoms with Gasteiger partial charge in [0.05, 0.1) is 6.61 Å². The maximum Gasteiger partial charge on any atom is 0.205 e. The van der Waals surface area contributed by atoms with Gasteiger partial charge in [0, 0.05) is 50.7 Å². The summed E-state index contributed by atoms with van der Waals surface area (Å²) in [6.45, 7) is 5.97. The molecule has 114 valence electrons. The topological polar surface area (TPSA) is 50.3 Å². The molecule has 0 saturated carbocycles. The average Bonchev–Trinajstić information content (AvgIpc) is 2.93. The minimum Gasteiger partial charge on any atom is -0.383 e. The molecule has 1 aliphatic heterocycles. The molecule has 1 N–H and O–H groups in total. The van der Waals surface area contributed by atoms with Gasteiger partial charge in [-0.1, -0.05) is 6.92 Å². The van der Waals surface area contributed by atoms with Crippen molar-refractivity contribution in [1.29, 1.82) is 0 Å². The van der Waals surface area contributed by atoms with Gasteiger partial charge in [0.2, 0.25) is 5.13 Å². The predicted molar refractivity (Wildman–Crippen MR) is 83.6 cm³/mol. The molecule has 20 heavy (non-hydrogen) atoms. The highest BCUT2D eigenvalue weighted by atomic mass is 32.1. The standard InChI is InChI=1S/C14H26N4OS/c1-3-6-13-16-14(20-17-13)18-9-5-4-7-12(18)11-15-8-10-19-2/h12,15H,3-11H2,1-2H3. The van der Waals surface area contributed by atoms with Crippen LogP contribution in [0.1, 0.15) is 38.4 Å². The molecule has 1 aliphatic rings. The normalized spacial score (nSPS) is 19.5. The van der Waals surface area contributed by atoms with E-state index in [1.807, 2.05) is 0 Å². The molecule has 0 spiro atoms. The third kappa shape index (κ3) is 4.40. The summed E-state index contributed by atoms with van der Waals surface area (Å²) in [7, 11) is 1.74. The van der Waals surface area contributed by atoms with Crippen LogP contribution in [-0.2, 0) is 11.2 Å². The molecule has 1 unspecified atom stereocenters. The number of nitrogens with one attached hydrogen (secondary N) is 1. The first-order valence-corrected chi connectivity index (χ1v) is 8.41. The van der Waals surface area contributed by atoms with Crippen molar-refractivity contribution in [1.82, 2.24) is 14.7 Å². The minimum absolute atomic E-state index is 0.544. The molecule has 0 radical (unpaired) electrons. The van der Waals surface area contributed by atoms with Crippen molar-refractivity contribution in [3.8, 4) is 0 Å². The van der Waals surface area contributed by atoms with E-state index in [1.165, 1.54) is 19.3 Å². The number of aryl methyl sites for hydroxylation is 1. The SMILES string of the molecule is CCCc1nsc(N2CCCCC2CNCCOC)n1. The highest BCUT2D eigenvalue weighted by molar-refractivity contribution is 7.09. The highest BCUT2D eigenvalue weighted by Crippen LogP contribution is 2.26. The fourth-order valence-corrected chi connectivity index (χ4v) is 3.40. The molecule has 0 bridgehead atoms. The number of ether oxygens (including phenoxy) is 1. The first-order chi connectivity index (χ1) is 9.85. The first-order valence-electron chi connectivity index (χ1n) is 7.64. The molecule has 2 heterocycles. The lowest BCUT2D eigenvalue weighted by Crippen LogP contribution is -2.46. The van der Waals surface area contributed by atoms with Gasteiger partial charge >= 0.3 is 0 Å². The number of rotatable bonds is 8. The molecule has 0 aliphatic carbocycles. The Morgan fingerprint density at radius 1 is 1.45 bits per heavy atom. The Kier molecular flexibility index (Phi) is 6.69. The van der Waals surface area contributed by atoms with E-state index in [-0.39, 0.29) is 0 Å². The molecule has 1 aromatic rings. The lowest BCUT2D eigenvalue weighted by atomic mass is 10.0. The molecule has 0 aromatic carbocycles. The number of aromatic nitrogens is 2. The zero-order valence-corrected chi connectivity index (χ0v) is 13.4. The van der Waals surface area contributed by atoms with Crippen LogP contribution in [0.2, 0.25) is 0 Å². The van der Waals surface area contributed by atoms with Gasteiger partial charge < -0.3 is 15.0 Å². The molecule has 1 atom stereocenters. The van der Waals surface area contributed by atoms with Gasteiger partial charge in [0.15, 0.2) is 0 Å². The van der Waals surface area contributed by atoms with Crippen molar-refractivity contribution in [3.05, 3.63) is 5.82 Å². The zero-order chi connectivity index (χ0) is 14.2. The summed E-state index contributed by atoms with van der Waals surface area (Å²) in [5, 5.41) is 4.58. The van der Waals surface area contributed by atoms with Crippen molar-refractivity contribution < 1.29 is 4.74 Å². The van der Waals surface area contributed by atoms with Crippen LogP contribution in [0.15, 0.2) is 0 Å². The number of hydrogen-bond donors (Lipinski definition) is 1. The molecule has 1 saturated heterocycles. The van der Waals surface area contributed by atoms with Crippen molar-refractivity contribution in [2.45, 2.75) is 45.1 Å². The smallest absolute Gasteiger partial charge is 0.205 e. The second kappa shape index (κ2) is 8.54. The van der Waals surface area contributed by atoms with Gasteiger partial charge in [0.1, 0.15) is 5.82 Å². The Labute approximate surface area is 125 Å². The lowest BCUT2D eigenvalue weighted by molar-refractivity contribution is 0.198. The summed E-state index contributed by atoms with van der Waals surface area (Å²) in [4.78, 5) is 7.14. The summed E-state index contributed by atoms with van der Waals surface area (Å²) >= 11 is 1.56. The van der Waals surface area contributed by atoms with E-state index < -0.39 is 0 Å². The number of piperidine rings is 1. The quantitative estimate of drug-likeness (QED) is 0.745. The predicted octanol–water partition coefficient (Wildman–Crippen LogP) is 2.09. The van der Waals surface area contributed by atoms with Crippen LogP contribution in [0.4, 0.5) is 5.13 Å². The maximum atomic E-state index is 5.08. The Morgan fingerprint density at radius 3 is 3.15 bits per heavy atom. The third-order valence-electron chi connectivity index (χ3n) is 3.67. The average molecular weight is 298 g/mol. The number of nitrogens with zero attached hydrogens (tertiary/aromatic N) is 3. The van der Waals surface area contributed by atoms with Crippen molar-refractivity contribution in [3.63, 3.8) is 0 Å². The summed E-state index contributed by atoms with van der Waals surface area (Å²) in [5.74, 6) is 1.00. The second-order valence-electron chi connectivity index (χ2n) is 5.28. The Hall–Kier alpha value is -0.720. The highest BCUT2D eigenvalue weighted by Gasteiger charge is 2.24. The number of methoxy groups -OCH3 is 1. The van der Waals surface area contributed by atoms with E-state index in [9.17, 15) is 0 Å². The molecule has 0 amide bonds. The van der Waals surface area contributed by atoms with Crippen LogP contribution in [0, 0.1) is 0 Å². The Balaban J connectivity index is 1.91. The van der Waals surface area contributed by atoms with Crippen molar-refractivity contribution in [2.75, 3.05) is 38.3 Å². The van der Waals surface area contributed by atoms with E-state index in [0.29, 0.717) is 6.04 Å². The van der Waals surface area contributed by atoms with Gasteiger partial charge in [0.25, 0.3) is 0 Å². The Bertz CT molecular complexity index is 385. The molecule has 6 heteroatoms. The van der Waals surface area contributed by atoms with E-state index in [4.69, 9.17) is 9.72 Å². The van der Waals surface area contributed by atoms with Crippen LogP contribution < -0.4 is 10.2 Å². The fourth-order valence-electron chi connectivity index (χ4n) is 2.59. The van der Waals surface area contributed by atoms with Gasteiger partial charge in [-0.05, 0) is 25.7 Å². The largest absolute Gasteiger partial charge is 0.383 e. The Morgan fingerprint density at radius 2 is 2.35 bits per heavy atom. The summed E-state index contributed by atoms with van der Waals surface area (Å²) in [6, 6.07) is 0.544. The maximum absolute atomic E-state index is 5.08. The van der Waals surface area contributed by atoms with Crippen LogP contribution in [-0.4, -0.2) is 48.8 Å². The van der Waals surface area contributed by atoms with E-state index in [1.54, 1.807) is 18.6 Å².